The van der Waals surface area contributed by atoms with Gasteiger partial charge in [-0.2, -0.15) is 0 Å². The number of fused-ring (bicyclic) bond motifs is 9. The van der Waals surface area contributed by atoms with Crippen molar-refractivity contribution in [3.05, 3.63) is 198 Å². The second kappa shape index (κ2) is 11.9. The number of rotatable bonds is 5. The van der Waals surface area contributed by atoms with E-state index < -0.39 is 0 Å². The van der Waals surface area contributed by atoms with Gasteiger partial charge in [0.05, 0.1) is 11.1 Å². The molecule has 0 bridgehead atoms. The average Bonchev–Trinajstić information content (AvgIpc) is 3.81. The first-order chi connectivity index (χ1) is 27.3. The number of furan rings is 1. The molecule has 2 nitrogen and oxygen atoms in total. The molecular formula is C54H41NO. The highest BCUT2D eigenvalue weighted by Gasteiger charge is 2.36. The maximum absolute atomic E-state index is 6.45. The fourth-order valence-corrected chi connectivity index (χ4v) is 9.79. The van der Waals surface area contributed by atoms with Gasteiger partial charge in [-0.05, 0) is 121 Å². The first-order valence-corrected chi connectivity index (χ1v) is 19.7. The molecule has 11 rings (SSSR count). The van der Waals surface area contributed by atoms with Crippen LogP contribution in [-0.4, -0.2) is 0 Å². The molecule has 0 radical (unpaired) electrons. The predicted molar refractivity (Wildman–Crippen MR) is 234 cm³/mol. The van der Waals surface area contributed by atoms with Gasteiger partial charge in [0, 0.05) is 27.6 Å². The van der Waals surface area contributed by atoms with Gasteiger partial charge in [0.2, 0.25) is 0 Å². The summed E-state index contributed by atoms with van der Waals surface area (Å²) in [5.41, 5.74) is 20.6. The quantitative estimate of drug-likeness (QED) is 0.176. The van der Waals surface area contributed by atoms with Crippen LogP contribution in [0.2, 0.25) is 0 Å². The second-order valence-corrected chi connectivity index (χ2v) is 16.5. The van der Waals surface area contributed by atoms with E-state index in [0.717, 1.165) is 39.0 Å². The standard InChI is InChI=1S/C54H41NO/c1-53(2)45-21-8-5-18-40(45)42-28-26-36(32-47(42)53)34-14-11-16-38(30-34)55(49-23-13-25-51-52(49)44-20-7-10-24-50(44)56-51)39-17-12-15-35(31-39)37-27-29-43-41-19-6-9-22-46(41)54(3,4)48(43)33-37/h5-33H,1-4H3. The van der Waals surface area contributed by atoms with Crippen molar-refractivity contribution >= 4 is 39.0 Å². The van der Waals surface area contributed by atoms with Gasteiger partial charge in [-0.3, -0.25) is 0 Å². The van der Waals surface area contributed by atoms with Crippen LogP contribution in [0.4, 0.5) is 17.1 Å². The molecule has 0 fully saturated rings. The lowest BCUT2D eigenvalue weighted by atomic mass is 9.81. The Morgan fingerprint density at radius 2 is 0.839 bits per heavy atom. The third kappa shape index (κ3) is 4.75. The maximum Gasteiger partial charge on any atom is 0.137 e. The summed E-state index contributed by atoms with van der Waals surface area (Å²) in [5.74, 6) is 0. The molecule has 0 atom stereocenters. The second-order valence-electron chi connectivity index (χ2n) is 16.5. The third-order valence-electron chi connectivity index (χ3n) is 12.7. The number of benzene rings is 8. The molecule has 0 amide bonds. The molecule has 2 heteroatoms. The van der Waals surface area contributed by atoms with E-state index in [9.17, 15) is 0 Å². The number of hydrogen-bond donors (Lipinski definition) is 0. The molecule has 1 aromatic heterocycles. The smallest absolute Gasteiger partial charge is 0.137 e. The van der Waals surface area contributed by atoms with E-state index >= 15 is 0 Å². The molecule has 268 valence electrons. The number of para-hydroxylation sites is 1. The largest absolute Gasteiger partial charge is 0.456 e. The molecule has 9 aromatic rings. The monoisotopic (exact) mass is 719 g/mol. The molecule has 8 aromatic carbocycles. The van der Waals surface area contributed by atoms with Gasteiger partial charge in [0.1, 0.15) is 11.2 Å². The van der Waals surface area contributed by atoms with E-state index in [4.69, 9.17) is 4.42 Å². The van der Waals surface area contributed by atoms with E-state index in [2.05, 4.69) is 202 Å². The van der Waals surface area contributed by atoms with E-state index in [-0.39, 0.29) is 10.8 Å². The van der Waals surface area contributed by atoms with Crippen LogP contribution in [0.25, 0.3) is 66.4 Å². The van der Waals surface area contributed by atoms with Gasteiger partial charge in [-0.15, -0.1) is 0 Å². The summed E-state index contributed by atoms with van der Waals surface area (Å²) >= 11 is 0. The molecular weight excluding hydrogens is 679 g/mol. The zero-order valence-corrected chi connectivity index (χ0v) is 32.1. The van der Waals surface area contributed by atoms with Gasteiger partial charge in [-0.1, -0.05) is 149 Å². The van der Waals surface area contributed by atoms with E-state index in [0.29, 0.717) is 0 Å². The van der Waals surface area contributed by atoms with E-state index in [1.54, 1.807) is 0 Å². The van der Waals surface area contributed by atoms with Crippen molar-refractivity contribution in [3.63, 3.8) is 0 Å². The Hall–Kier alpha value is -6.64. The van der Waals surface area contributed by atoms with Crippen molar-refractivity contribution in [2.45, 2.75) is 38.5 Å². The highest BCUT2D eigenvalue weighted by atomic mass is 16.3. The van der Waals surface area contributed by atoms with Crippen LogP contribution < -0.4 is 4.90 Å². The highest BCUT2D eigenvalue weighted by molar-refractivity contribution is 6.13. The molecule has 56 heavy (non-hydrogen) atoms. The Morgan fingerprint density at radius 3 is 1.43 bits per heavy atom. The Morgan fingerprint density at radius 1 is 0.375 bits per heavy atom. The van der Waals surface area contributed by atoms with Crippen molar-refractivity contribution in [2.24, 2.45) is 0 Å². The molecule has 0 unspecified atom stereocenters. The van der Waals surface area contributed by atoms with Crippen molar-refractivity contribution in [3.8, 4) is 44.5 Å². The van der Waals surface area contributed by atoms with Crippen molar-refractivity contribution in [1.29, 1.82) is 0 Å². The van der Waals surface area contributed by atoms with Gasteiger partial charge in [0.15, 0.2) is 0 Å². The zero-order valence-electron chi connectivity index (χ0n) is 32.1. The van der Waals surface area contributed by atoms with Gasteiger partial charge >= 0.3 is 0 Å². The summed E-state index contributed by atoms with van der Waals surface area (Å²) < 4.78 is 6.45. The van der Waals surface area contributed by atoms with Gasteiger partial charge in [0.25, 0.3) is 0 Å². The van der Waals surface area contributed by atoms with Crippen molar-refractivity contribution in [1.82, 2.24) is 0 Å². The highest BCUT2D eigenvalue weighted by Crippen LogP contribution is 2.52. The summed E-state index contributed by atoms with van der Waals surface area (Å²) in [6.07, 6.45) is 0. The minimum absolute atomic E-state index is 0.0699. The van der Waals surface area contributed by atoms with Crippen LogP contribution >= 0.6 is 0 Å². The van der Waals surface area contributed by atoms with E-state index in [1.807, 2.05) is 6.07 Å². The average molecular weight is 720 g/mol. The molecule has 0 aliphatic heterocycles. The van der Waals surface area contributed by atoms with Crippen LogP contribution in [0.1, 0.15) is 49.9 Å². The molecule has 0 N–H and O–H groups in total. The normalized spacial score (nSPS) is 14.4. The summed E-state index contributed by atoms with van der Waals surface area (Å²) in [6, 6.07) is 64.6. The third-order valence-corrected chi connectivity index (χ3v) is 12.7. The van der Waals surface area contributed by atoms with Crippen LogP contribution in [0.3, 0.4) is 0 Å². The number of anilines is 3. The Balaban J connectivity index is 1.07. The van der Waals surface area contributed by atoms with Crippen LogP contribution in [-0.2, 0) is 10.8 Å². The van der Waals surface area contributed by atoms with Crippen molar-refractivity contribution < 1.29 is 4.42 Å². The first-order valence-electron chi connectivity index (χ1n) is 19.7. The fourth-order valence-electron chi connectivity index (χ4n) is 9.79. The Kier molecular flexibility index (Phi) is 6.98. The maximum atomic E-state index is 6.45. The molecule has 1 heterocycles. The van der Waals surface area contributed by atoms with Crippen LogP contribution in [0, 0.1) is 0 Å². The number of nitrogens with zero attached hydrogens (tertiary/aromatic N) is 1. The molecule has 0 spiro atoms. The fraction of sp³-hybridized carbons (Fsp3) is 0.111. The first kappa shape index (κ1) is 32.8. The lowest BCUT2D eigenvalue weighted by molar-refractivity contribution is 0.660. The number of hydrogen-bond acceptors (Lipinski definition) is 2. The predicted octanol–water partition coefficient (Wildman–Crippen LogP) is 15.0. The summed E-state index contributed by atoms with van der Waals surface area (Å²) in [6.45, 7) is 9.40. The lowest BCUT2D eigenvalue weighted by Crippen LogP contribution is -2.15. The lowest BCUT2D eigenvalue weighted by Gasteiger charge is -2.27. The summed E-state index contributed by atoms with van der Waals surface area (Å²) in [5, 5.41) is 2.21. The molecule has 0 saturated heterocycles. The van der Waals surface area contributed by atoms with Crippen LogP contribution in [0.15, 0.2) is 180 Å². The minimum Gasteiger partial charge on any atom is -0.456 e. The van der Waals surface area contributed by atoms with Gasteiger partial charge < -0.3 is 9.32 Å². The summed E-state index contributed by atoms with van der Waals surface area (Å²) in [4.78, 5) is 2.41. The van der Waals surface area contributed by atoms with Crippen molar-refractivity contribution in [2.75, 3.05) is 4.90 Å². The topological polar surface area (TPSA) is 16.4 Å². The Labute approximate surface area is 328 Å². The molecule has 2 aliphatic rings. The summed E-state index contributed by atoms with van der Waals surface area (Å²) in [7, 11) is 0. The van der Waals surface area contributed by atoms with E-state index in [1.165, 1.54) is 66.8 Å². The zero-order chi connectivity index (χ0) is 37.8. The molecule has 0 saturated carbocycles. The van der Waals surface area contributed by atoms with Crippen LogP contribution in [0.5, 0.6) is 0 Å². The minimum atomic E-state index is -0.0699. The molecule has 2 aliphatic carbocycles. The Bertz CT molecular complexity index is 2900. The van der Waals surface area contributed by atoms with Gasteiger partial charge in [-0.25, -0.2) is 0 Å². The SMILES string of the molecule is CC1(C)c2ccccc2-c2ccc(-c3cccc(N(c4cccc(-c5ccc6c(c5)C(C)(C)c5ccccc5-6)c4)c4cccc5oc6ccccc6c45)c3)cc21.